The third-order valence-corrected chi connectivity index (χ3v) is 6.37. The zero-order valence-electron chi connectivity index (χ0n) is 19.8. The number of aryl methyl sites for hydroxylation is 1. The molecule has 0 saturated carbocycles. The average Bonchev–Trinajstić information content (AvgIpc) is 3.51. The van der Waals surface area contributed by atoms with E-state index in [-0.39, 0.29) is 25.3 Å². The maximum Gasteiger partial charge on any atom is 0.355 e. The smallest absolute Gasteiger partial charge is 0.355 e. The number of piperazine rings is 1. The van der Waals surface area contributed by atoms with Crippen molar-refractivity contribution in [3.05, 3.63) is 47.8 Å². The van der Waals surface area contributed by atoms with Gasteiger partial charge in [0, 0.05) is 46.0 Å². The number of carbonyl (C=O) groups excluding carboxylic acids is 2. The normalized spacial score (nSPS) is 15.9. The van der Waals surface area contributed by atoms with Crippen LogP contribution in [0.4, 0.5) is 0 Å². The van der Waals surface area contributed by atoms with Gasteiger partial charge in [0.25, 0.3) is 0 Å². The van der Waals surface area contributed by atoms with Gasteiger partial charge in [-0.2, -0.15) is 0 Å². The zero-order valence-corrected chi connectivity index (χ0v) is 19.8. The summed E-state index contributed by atoms with van der Waals surface area (Å²) >= 11 is 0. The molecule has 0 spiro atoms. The van der Waals surface area contributed by atoms with Crippen molar-refractivity contribution in [1.29, 1.82) is 0 Å². The lowest BCUT2D eigenvalue weighted by Crippen LogP contribution is -2.49. The summed E-state index contributed by atoms with van der Waals surface area (Å²) in [5.74, 6) is 1.17. The lowest BCUT2D eigenvalue weighted by atomic mass is 10.1. The van der Waals surface area contributed by atoms with Crippen LogP contribution in [-0.4, -0.2) is 69.9 Å². The van der Waals surface area contributed by atoms with Gasteiger partial charge in [0.05, 0.1) is 17.1 Å². The summed E-state index contributed by atoms with van der Waals surface area (Å²) in [6, 6.07) is 9.75. The van der Waals surface area contributed by atoms with E-state index < -0.39 is 5.97 Å². The second kappa shape index (κ2) is 9.06. The van der Waals surface area contributed by atoms with E-state index in [1.807, 2.05) is 54.8 Å². The first-order valence-electron chi connectivity index (χ1n) is 11.6. The molecule has 1 saturated heterocycles. The Bertz CT molecular complexity index is 1220. The number of nitrogens with zero attached hydrogens (tertiary/aromatic N) is 4. The molecule has 5 rings (SSSR count). The fourth-order valence-electron chi connectivity index (χ4n) is 4.57. The molecule has 0 aliphatic carbocycles. The molecule has 2 aliphatic heterocycles. The van der Waals surface area contributed by atoms with Crippen molar-refractivity contribution < 1.29 is 23.8 Å². The molecule has 0 atom stereocenters. The summed E-state index contributed by atoms with van der Waals surface area (Å²) in [5.41, 5.74) is 3.32. The van der Waals surface area contributed by atoms with Gasteiger partial charge < -0.3 is 28.2 Å². The number of fused-ring (bicyclic) bond motifs is 2. The summed E-state index contributed by atoms with van der Waals surface area (Å²) in [6.07, 6.45) is 1.70. The minimum absolute atomic E-state index is 0.00248. The maximum atomic E-state index is 13.2. The van der Waals surface area contributed by atoms with Crippen LogP contribution in [0, 0.1) is 0 Å². The van der Waals surface area contributed by atoms with E-state index >= 15 is 0 Å². The molecule has 1 aromatic carbocycles. The van der Waals surface area contributed by atoms with Crippen LogP contribution in [0.5, 0.6) is 11.5 Å². The largest absolute Gasteiger partial charge is 0.458 e. The molecule has 180 valence electrons. The predicted molar refractivity (Wildman–Crippen MR) is 126 cm³/mol. The van der Waals surface area contributed by atoms with Crippen LogP contribution in [0.25, 0.3) is 11.0 Å². The number of carbonyl (C=O) groups is 2. The lowest BCUT2D eigenvalue weighted by Gasteiger charge is -2.35. The van der Waals surface area contributed by atoms with E-state index in [2.05, 4.69) is 11.0 Å². The lowest BCUT2D eigenvalue weighted by molar-refractivity contribution is -0.133. The molecule has 0 N–H and O–H groups in total. The standard InChI is InChI=1S/C25H30N4O5/c1-17(2)34-25(31)21-13-20-19(6-7-26(20)3)29(21)15-24(30)28-10-8-27(9-11-28)14-18-4-5-22-23(12-18)33-16-32-22/h4-7,12-13,17H,8-11,14-16H2,1-3H3. The monoisotopic (exact) mass is 466 g/mol. The van der Waals surface area contributed by atoms with E-state index in [1.165, 1.54) is 0 Å². The van der Waals surface area contributed by atoms with Gasteiger partial charge in [-0.1, -0.05) is 6.07 Å². The number of esters is 1. The van der Waals surface area contributed by atoms with E-state index in [4.69, 9.17) is 14.2 Å². The Morgan fingerprint density at radius 3 is 2.53 bits per heavy atom. The highest BCUT2D eigenvalue weighted by atomic mass is 16.7. The molecule has 2 aromatic heterocycles. The van der Waals surface area contributed by atoms with Crippen LogP contribution in [-0.2, 0) is 29.7 Å². The maximum absolute atomic E-state index is 13.2. The van der Waals surface area contributed by atoms with Gasteiger partial charge in [0.2, 0.25) is 12.7 Å². The minimum atomic E-state index is -0.410. The molecule has 1 amide bonds. The Morgan fingerprint density at radius 1 is 1.00 bits per heavy atom. The van der Waals surface area contributed by atoms with Gasteiger partial charge in [-0.3, -0.25) is 9.69 Å². The number of aromatic nitrogens is 2. The number of benzene rings is 1. The molecule has 34 heavy (non-hydrogen) atoms. The molecular weight excluding hydrogens is 436 g/mol. The first-order valence-corrected chi connectivity index (χ1v) is 11.6. The van der Waals surface area contributed by atoms with Gasteiger partial charge in [-0.25, -0.2) is 4.79 Å². The van der Waals surface area contributed by atoms with E-state index in [0.717, 1.165) is 47.7 Å². The summed E-state index contributed by atoms with van der Waals surface area (Å²) in [7, 11) is 1.92. The van der Waals surface area contributed by atoms with Crippen LogP contribution < -0.4 is 9.47 Å². The van der Waals surface area contributed by atoms with Crippen molar-refractivity contribution in [2.24, 2.45) is 7.05 Å². The molecule has 0 bridgehead atoms. The van der Waals surface area contributed by atoms with E-state index in [1.54, 1.807) is 10.6 Å². The first kappa shape index (κ1) is 22.3. The number of amides is 1. The number of ether oxygens (including phenoxy) is 3. The van der Waals surface area contributed by atoms with Gasteiger partial charge in [0.1, 0.15) is 12.2 Å². The van der Waals surface area contributed by atoms with Crippen LogP contribution in [0.1, 0.15) is 29.9 Å². The third-order valence-electron chi connectivity index (χ3n) is 6.37. The van der Waals surface area contributed by atoms with Crippen LogP contribution >= 0.6 is 0 Å². The molecule has 9 nitrogen and oxygen atoms in total. The molecule has 9 heteroatoms. The number of rotatable bonds is 6. The highest BCUT2D eigenvalue weighted by Gasteiger charge is 2.26. The molecule has 4 heterocycles. The molecule has 1 fully saturated rings. The van der Waals surface area contributed by atoms with Gasteiger partial charge in [0.15, 0.2) is 11.5 Å². The summed E-state index contributed by atoms with van der Waals surface area (Å²) < 4.78 is 20.0. The minimum Gasteiger partial charge on any atom is -0.458 e. The Kier molecular flexibility index (Phi) is 5.95. The molecule has 3 aromatic rings. The topological polar surface area (TPSA) is 78.2 Å². The predicted octanol–water partition coefficient (Wildman–Crippen LogP) is 2.62. The van der Waals surface area contributed by atoms with Crippen molar-refractivity contribution in [2.75, 3.05) is 33.0 Å². The summed E-state index contributed by atoms with van der Waals surface area (Å²) in [6.45, 7) is 7.68. The second-order valence-corrected chi connectivity index (χ2v) is 9.11. The molecule has 0 radical (unpaired) electrons. The first-order chi connectivity index (χ1) is 16.4. The van der Waals surface area contributed by atoms with Crippen molar-refractivity contribution in [2.45, 2.75) is 33.0 Å². The van der Waals surface area contributed by atoms with Crippen molar-refractivity contribution in [3.63, 3.8) is 0 Å². The van der Waals surface area contributed by atoms with Crippen LogP contribution in [0.3, 0.4) is 0 Å². The Balaban J connectivity index is 1.24. The highest BCUT2D eigenvalue weighted by molar-refractivity contribution is 5.96. The summed E-state index contributed by atoms with van der Waals surface area (Å²) in [5, 5.41) is 0. The van der Waals surface area contributed by atoms with Gasteiger partial charge in [-0.05, 0) is 43.7 Å². The number of hydrogen-bond acceptors (Lipinski definition) is 6. The molecule has 2 aliphatic rings. The highest BCUT2D eigenvalue weighted by Crippen LogP contribution is 2.33. The third kappa shape index (κ3) is 4.35. The fraction of sp³-hybridized carbons (Fsp3) is 0.440. The van der Waals surface area contributed by atoms with E-state index in [9.17, 15) is 9.59 Å². The quantitative estimate of drug-likeness (QED) is 0.520. The van der Waals surface area contributed by atoms with Gasteiger partial charge in [-0.15, -0.1) is 0 Å². The average molecular weight is 467 g/mol. The number of hydrogen-bond donors (Lipinski definition) is 0. The van der Waals surface area contributed by atoms with Crippen LogP contribution in [0.2, 0.25) is 0 Å². The Hall–Kier alpha value is -3.46. The van der Waals surface area contributed by atoms with Crippen molar-refractivity contribution in [1.82, 2.24) is 18.9 Å². The van der Waals surface area contributed by atoms with E-state index in [0.29, 0.717) is 18.8 Å². The SMILES string of the molecule is CC(C)OC(=O)c1cc2c(ccn2C)n1CC(=O)N1CCN(Cc2ccc3c(c2)OCO3)CC1. The molecule has 0 unspecified atom stereocenters. The van der Waals surface area contributed by atoms with Crippen molar-refractivity contribution >= 4 is 22.9 Å². The van der Waals surface area contributed by atoms with Crippen LogP contribution in [0.15, 0.2) is 36.5 Å². The van der Waals surface area contributed by atoms with Crippen molar-refractivity contribution in [3.8, 4) is 11.5 Å². The fourth-order valence-corrected chi connectivity index (χ4v) is 4.57. The zero-order chi connectivity index (χ0) is 23.8. The Morgan fingerprint density at radius 2 is 1.76 bits per heavy atom. The molecular formula is C25H30N4O5. The summed E-state index contributed by atoms with van der Waals surface area (Å²) in [4.78, 5) is 30.1. The Labute approximate surface area is 198 Å². The van der Waals surface area contributed by atoms with Gasteiger partial charge >= 0.3 is 5.97 Å². The second-order valence-electron chi connectivity index (χ2n) is 9.11.